The number of hydrogen-bond donors (Lipinski definition) is 1. The van der Waals surface area contributed by atoms with E-state index in [1.54, 1.807) is 13.1 Å². The van der Waals surface area contributed by atoms with Gasteiger partial charge in [-0.2, -0.15) is 4.98 Å². The molecule has 1 N–H and O–H groups in total. The minimum absolute atomic E-state index is 0.475. The van der Waals surface area contributed by atoms with Crippen LogP contribution in [0, 0.1) is 6.92 Å². The summed E-state index contributed by atoms with van der Waals surface area (Å²) in [5.74, 6) is 1.18. The van der Waals surface area contributed by atoms with Crippen molar-refractivity contribution in [2.75, 3.05) is 5.32 Å². The third-order valence-electron chi connectivity index (χ3n) is 2.70. The number of aryl methyl sites for hydroxylation is 1. The van der Waals surface area contributed by atoms with Crippen molar-refractivity contribution < 1.29 is 4.52 Å². The minimum Gasteiger partial charge on any atom is -0.376 e. The zero-order valence-electron chi connectivity index (χ0n) is 10.2. The van der Waals surface area contributed by atoms with E-state index in [1.807, 2.05) is 24.3 Å². The fourth-order valence-corrected chi connectivity index (χ4v) is 2.02. The van der Waals surface area contributed by atoms with E-state index in [0.29, 0.717) is 23.3 Å². The molecule has 2 aromatic heterocycles. The van der Waals surface area contributed by atoms with E-state index in [0.717, 1.165) is 16.6 Å². The zero-order valence-corrected chi connectivity index (χ0v) is 11.0. The largest absolute Gasteiger partial charge is 0.376 e. The van der Waals surface area contributed by atoms with Crippen LogP contribution in [0.25, 0.3) is 10.9 Å². The molecule has 0 aliphatic carbocycles. The van der Waals surface area contributed by atoms with Crippen molar-refractivity contribution in [2.24, 2.45) is 0 Å². The van der Waals surface area contributed by atoms with Gasteiger partial charge < -0.3 is 9.84 Å². The smallest absolute Gasteiger partial charge is 0.245 e. The fourth-order valence-electron chi connectivity index (χ4n) is 1.86. The number of benzene rings is 1. The Morgan fingerprint density at radius 3 is 3.00 bits per heavy atom. The summed E-state index contributed by atoms with van der Waals surface area (Å²) in [6, 6.07) is 7.51. The van der Waals surface area contributed by atoms with Crippen LogP contribution in [0.15, 0.2) is 35.0 Å². The molecule has 19 heavy (non-hydrogen) atoms. The van der Waals surface area contributed by atoms with Gasteiger partial charge in [0, 0.05) is 22.3 Å². The molecule has 0 fully saturated rings. The maximum absolute atomic E-state index is 5.95. The zero-order chi connectivity index (χ0) is 13.2. The van der Waals surface area contributed by atoms with Crippen LogP contribution >= 0.6 is 11.6 Å². The predicted octanol–water partition coefficient (Wildman–Crippen LogP) is 3.19. The normalized spacial score (nSPS) is 10.8. The number of pyridine rings is 1. The summed E-state index contributed by atoms with van der Waals surface area (Å²) in [4.78, 5) is 8.43. The van der Waals surface area contributed by atoms with Crippen LogP contribution in [0.2, 0.25) is 5.02 Å². The molecule has 0 aliphatic rings. The van der Waals surface area contributed by atoms with Crippen molar-refractivity contribution in [2.45, 2.75) is 13.5 Å². The number of nitrogens with one attached hydrogen (secondary N) is 1. The van der Waals surface area contributed by atoms with Crippen molar-refractivity contribution in [3.8, 4) is 0 Å². The Kier molecular flexibility index (Phi) is 3.05. The van der Waals surface area contributed by atoms with E-state index in [2.05, 4.69) is 20.4 Å². The number of halogens is 1. The summed E-state index contributed by atoms with van der Waals surface area (Å²) >= 11 is 5.95. The van der Waals surface area contributed by atoms with Gasteiger partial charge in [-0.1, -0.05) is 16.8 Å². The van der Waals surface area contributed by atoms with Crippen molar-refractivity contribution in [3.05, 3.63) is 47.2 Å². The molecular weight excluding hydrogens is 264 g/mol. The van der Waals surface area contributed by atoms with Crippen LogP contribution in [0.4, 0.5) is 5.69 Å². The monoisotopic (exact) mass is 274 g/mol. The van der Waals surface area contributed by atoms with Gasteiger partial charge in [0.05, 0.1) is 12.1 Å². The molecule has 0 spiro atoms. The van der Waals surface area contributed by atoms with Crippen molar-refractivity contribution >= 4 is 28.2 Å². The topological polar surface area (TPSA) is 63.8 Å². The first kappa shape index (κ1) is 11.9. The maximum atomic E-state index is 5.95. The number of aromatic nitrogens is 3. The van der Waals surface area contributed by atoms with E-state index < -0.39 is 0 Å². The molecule has 2 heterocycles. The molecule has 0 saturated heterocycles. The molecule has 1 aromatic carbocycles. The third kappa shape index (κ3) is 2.51. The highest BCUT2D eigenvalue weighted by Gasteiger charge is 2.05. The summed E-state index contributed by atoms with van der Waals surface area (Å²) in [5, 5.41) is 8.68. The molecule has 0 amide bonds. The van der Waals surface area contributed by atoms with Crippen molar-refractivity contribution in [3.63, 3.8) is 0 Å². The van der Waals surface area contributed by atoms with Crippen molar-refractivity contribution in [1.29, 1.82) is 0 Å². The number of hydrogen-bond acceptors (Lipinski definition) is 5. The number of nitrogens with zero attached hydrogens (tertiary/aromatic N) is 3. The molecule has 0 radical (unpaired) electrons. The van der Waals surface area contributed by atoms with Gasteiger partial charge in [-0.25, -0.2) is 0 Å². The number of anilines is 1. The van der Waals surface area contributed by atoms with Gasteiger partial charge in [-0.3, -0.25) is 4.98 Å². The highest BCUT2D eigenvalue weighted by molar-refractivity contribution is 6.31. The lowest BCUT2D eigenvalue weighted by molar-refractivity contribution is 0.379. The molecular formula is C13H11ClN4O. The second-order valence-electron chi connectivity index (χ2n) is 4.11. The van der Waals surface area contributed by atoms with Gasteiger partial charge in [0.25, 0.3) is 0 Å². The molecule has 5 nitrogen and oxygen atoms in total. The van der Waals surface area contributed by atoms with E-state index in [4.69, 9.17) is 16.1 Å². The molecule has 3 rings (SSSR count). The minimum atomic E-state index is 0.475. The van der Waals surface area contributed by atoms with Crippen LogP contribution in [-0.2, 0) is 6.54 Å². The van der Waals surface area contributed by atoms with Crippen LogP contribution in [0.5, 0.6) is 0 Å². The van der Waals surface area contributed by atoms with Gasteiger partial charge in [0.15, 0.2) is 5.82 Å². The van der Waals surface area contributed by atoms with Gasteiger partial charge in [-0.15, -0.1) is 0 Å². The van der Waals surface area contributed by atoms with E-state index >= 15 is 0 Å². The first-order valence-corrected chi connectivity index (χ1v) is 6.17. The fraction of sp³-hybridized carbons (Fsp3) is 0.154. The Labute approximate surface area is 114 Å². The summed E-state index contributed by atoms with van der Waals surface area (Å²) in [6.07, 6.45) is 1.74. The summed E-state index contributed by atoms with van der Waals surface area (Å²) in [6.45, 7) is 2.26. The average Bonchev–Trinajstić information content (AvgIpc) is 2.81. The summed E-state index contributed by atoms with van der Waals surface area (Å²) in [5.41, 5.74) is 1.80. The molecule has 0 bridgehead atoms. The Balaban J connectivity index is 1.88. The lowest BCUT2D eigenvalue weighted by atomic mass is 10.2. The highest BCUT2D eigenvalue weighted by atomic mass is 35.5. The van der Waals surface area contributed by atoms with Crippen LogP contribution in [-0.4, -0.2) is 15.1 Å². The summed E-state index contributed by atoms with van der Waals surface area (Å²) < 4.78 is 5.06. The maximum Gasteiger partial charge on any atom is 0.245 e. The van der Waals surface area contributed by atoms with Crippen LogP contribution in [0.3, 0.4) is 0 Å². The SMILES string of the molecule is Cc1noc(CNc2ccnc3cc(Cl)ccc23)n1. The third-order valence-corrected chi connectivity index (χ3v) is 2.94. The molecule has 0 aliphatic heterocycles. The van der Waals surface area contributed by atoms with E-state index in [1.165, 1.54) is 0 Å². The average molecular weight is 275 g/mol. The molecule has 0 unspecified atom stereocenters. The Morgan fingerprint density at radius 1 is 1.32 bits per heavy atom. The van der Waals surface area contributed by atoms with Crippen molar-refractivity contribution in [1.82, 2.24) is 15.1 Å². The summed E-state index contributed by atoms with van der Waals surface area (Å²) in [7, 11) is 0. The lowest BCUT2D eigenvalue weighted by Gasteiger charge is -2.07. The first-order valence-electron chi connectivity index (χ1n) is 5.80. The van der Waals surface area contributed by atoms with Gasteiger partial charge in [0.1, 0.15) is 0 Å². The van der Waals surface area contributed by atoms with Gasteiger partial charge in [0.2, 0.25) is 5.89 Å². The molecule has 0 saturated carbocycles. The number of rotatable bonds is 3. The lowest BCUT2D eigenvalue weighted by Crippen LogP contribution is -2.00. The van der Waals surface area contributed by atoms with Gasteiger partial charge in [-0.05, 0) is 31.2 Å². The van der Waals surface area contributed by atoms with E-state index in [9.17, 15) is 0 Å². The molecule has 6 heteroatoms. The number of fused-ring (bicyclic) bond motifs is 1. The van der Waals surface area contributed by atoms with Gasteiger partial charge >= 0.3 is 0 Å². The standard InChI is InChI=1S/C13H11ClN4O/c1-8-17-13(19-18-8)7-16-11-4-5-15-12-6-9(14)2-3-10(11)12/h2-6H,7H2,1H3,(H,15,16). The quantitative estimate of drug-likeness (QED) is 0.795. The Hall–Kier alpha value is -2.14. The predicted molar refractivity (Wildman–Crippen MR) is 73.1 cm³/mol. The second kappa shape index (κ2) is 4.85. The van der Waals surface area contributed by atoms with Crippen LogP contribution < -0.4 is 5.32 Å². The first-order chi connectivity index (χ1) is 9.22. The Bertz CT molecular complexity index is 725. The highest BCUT2D eigenvalue weighted by Crippen LogP contribution is 2.24. The molecule has 0 atom stereocenters. The van der Waals surface area contributed by atoms with E-state index in [-0.39, 0.29) is 0 Å². The Morgan fingerprint density at radius 2 is 2.21 bits per heavy atom. The second-order valence-corrected chi connectivity index (χ2v) is 4.55. The molecule has 3 aromatic rings. The van der Waals surface area contributed by atoms with Crippen LogP contribution in [0.1, 0.15) is 11.7 Å². The molecule has 96 valence electrons.